The van der Waals surface area contributed by atoms with Gasteiger partial charge in [-0.3, -0.25) is 0 Å². The number of hydrogen-bond donors (Lipinski definition) is 1. The molecule has 0 spiro atoms. The van der Waals surface area contributed by atoms with Gasteiger partial charge in [0.15, 0.2) is 0 Å². The van der Waals surface area contributed by atoms with Crippen molar-refractivity contribution >= 4 is 0 Å². The number of nitrogens with zero attached hydrogens (tertiary/aromatic N) is 2. The highest BCUT2D eigenvalue weighted by molar-refractivity contribution is 5.20. The molecule has 1 aromatic heterocycles. The number of aromatic nitrogens is 2. The Morgan fingerprint density at radius 3 is 2.36 bits per heavy atom. The number of nitrogens with one attached hydrogen (secondary N) is 1. The average molecular weight is 193 g/mol. The fraction of sp³-hybridized carbons (Fsp3) is 0.636. The Hall–Kier alpha value is -0.960. The van der Waals surface area contributed by atoms with Gasteiger partial charge in [-0.05, 0) is 32.4 Å². The van der Waals surface area contributed by atoms with Crippen LogP contribution in [0.2, 0.25) is 0 Å². The van der Waals surface area contributed by atoms with Gasteiger partial charge in [-0.1, -0.05) is 13.8 Å². The Balaban J connectivity index is 3.00. The molecule has 0 aliphatic carbocycles. The molecule has 78 valence electrons. The van der Waals surface area contributed by atoms with Crippen LogP contribution < -0.4 is 5.32 Å². The molecule has 0 radical (unpaired) electrons. The minimum atomic E-state index is 0.218. The molecular weight excluding hydrogens is 174 g/mol. The van der Waals surface area contributed by atoms with Crippen molar-refractivity contribution in [1.82, 2.24) is 15.3 Å². The Labute approximate surface area is 86.0 Å². The summed E-state index contributed by atoms with van der Waals surface area (Å²) < 4.78 is 0. The molecule has 0 saturated carbocycles. The van der Waals surface area contributed by atoms with Crippen LogP contribution in [0.25, 0.3) is 0 Å². The van der Waals surface area contributed by atoms with Crippen molar-refractivity contribution < 1.29 is 0 Å². The van der Waals surface area contributed by atoms with Crippen LogP contribution >= 0.6 is 0 Å². The van der Waals surface area contributed by atoms with E-state index in [4.69, 9.17) is 0 Å². The highest BCUT2D eigenvalue weighted by Gasteiger charge is 2.10. The molecule has 0 aliphatic rings. The molecule has 1 heterocycles. The molecule has 0 fully saturated rings. The van der Waals surface area contributed by atoms with Gasteiger partial charge < -0.3 is 5.32 Å². The fourth-order valence-electron chi connectivity index (χ4n) is 1.40. The summed E-state index contributed by atoms with van der Waals surface area (Å²) in [6.07, 6.45) is 1.94. The maximum atomic E-state index is 4.49. The third-order valence-electron chi connectivity index (χ3n) is 2.48. The smallest absolute Gasteiger partial charge is 0.145 e. The topological polar surface area (TPSA) is 37.8 Å². The van der Waals surface area contributed by atoms with Gasteiger partial charge in [0.25, 0.3) is 0 Å². The molecule has 0 aromatic carbocycles. The molecule has 0 saturated heterocycles. The number of aryl methyl sites for hydroxylation is 1. The van der Waals surface area contributed by atoms with E-state index in [1.807, 2.05) is 20.2 Å². The Bertz CT molecular complexity index is 307. The van der Waals surface area contributed by atoms with Gasteiger partial charge >= 0.3 is 0 Å². The van der Waals surface area contributed by atoms with Crippen LogP contribution in [0.1, 0.15) is 49.8 Å². The third kappa shape index (κ3) is 2.29. The van der Waals surface area contributed by atoms with E-state index >= 15 is 0 Å². The lowest BCUT2D eigenvalue weighted by atomic mass is 10.0. The summed E-state index contributed by atoms with van der Waals surface area (Å²) in [5.41, 5.74) is 2.32. The first-order valence-electron chi connectivity index (χ1n) is 5.07. The van der Waals surface area contributed by atoms with Crippen molar-refractivity contribution in [2.75, 3.05) is 7.05 Å². The van der Waals surface area contributed by atoms with Crippen LogP contribution in [0.4, 0.5) is 0 Å². The van der Waals surface area contributed by atoms with Gasteiger partial charge in [-0.25, -0.2) is 9.97 Å². The van der Waals surface area contributed by atoms with Gasteiger partial charge in [-0.2, -0.15) is 0 Å². The molecule has 3 heteroatoms. The molecule has 0 amide bonds. The van der Waals surface area contributed by atoms with E-state index in [0.29, 0.717) is 5.92 Å². The van der Waals surface area contributed by atoms with Gasteiger partial charge in [0.2, 0.25) is 0 Å². The van der Waals surface area contributed by atoms with Crippen LogP contribution in [0.5, 0.6) is 0 Å². The molecule has 1 rings (SSSR count). The van der Waals surface area contributed by atoms with E-state index in [2.05, 4.69) is 36.1 Å². The summed E-state index contributed by atoms with van der Waals surface area (Å²) >= 11 is 0. The fourth-order valence-corrected chi connectivity index (χ4v) is 1.40. The predicted octanol–water partition coefficient (Wildman–Crippen LogP) is 2.19. The zero-order valence-electron chi connectivity index (χ0n) is 9.63. The van der Waals surface area contributed by atoms with Crippen LogP contribution in [-0.4, -0.2) is 17.0 Å². The van der Waals surface area contributed by atoms with Gasteiger partial charge in [0, 0.05) is 11.9 Å². The maximum Gasteiger partial charge on any atom is 0.145 e. The standard InChI is InChI=1S/C11H19N3/c1-7(2)10-6-13-11(9(4)12-5)14-8(10)3/h6-7,9,12H,1-5H3/t9-/m1/s1. The first-order valence-corrected chi connectivity index (χ1v) is 5.07. The second-order valence-corrected chi connectivity index (χ2v) is 3.93. The molecule has 1 atom stereocenters. The first-order chi connectivity index (χ1) is 6.56. The minimum absolute atomic E-state index is 0.218. The van der Waals surface area contributed by atoms with Crippen molar-refractivity contribution in [1.29, 1.82) is 0 Å². The van der Waals surface area contributed by atoms with Crippen LogP contribution in [0.15, 0.2) is 6.20 Å². The SMILES string of the molecule is CN[C@H](C)c1ncc(C(C)C)c(C)n1. The summed E-state index contributed by atoms with van der Waals surface area (Å²) in [5.74, 6) is 1.36. The summed E-state index contributed by atoms with van der Waals surface area (Å²) in [7, 11) is 1.92. The van der Waals surface area contributed by atoms with Crippen molar-refractivity contribution in [2.24, 2.45) is 0 Å². The summed E-state index contributed by atoms with van der Waals surface area (Å²) in [6.45, 7) is 8.42. The lowest BCUT2D eigenvalue weighted by molar-refractivity contribution is 0.604. The molecule has 3 nitrogen and oxygen atoms in total. The number of rotatable bonds is 3. The van der Waals surface area contributed by atoms with Gasteiger partial charge in [-0.15, -0.1) is 0 Å². The minimum Gasteiger partial charge on any atom is -0.311 e. The summed E-state index contributed by atoms with van der Waals surface area (Å²) in [6, 6.07) is 0.218. The van der Waals surface area contributed by atoms with Gasteiger partial charge in [0.05, 0.1) is 6.04 Å². The third-order valence-corrected chi connectivity index (χ3v) is 2.48. The van der Waals surface area contributed by atoms with Gasteiger partial charge in [0.1, 0.15) is 5.82 Å². The van der Waals surface area contributed by atoms with Crippen molar-refractivity contribution in [2.45, 2.75) is 39.7 Å². The zero-order valence-corrected chi connectivity index (χ0v) is 9.63. The Morgan fingerprint density at radius 2 is 1.93 bits per heavy atom. The van der Waals surface area contributed by atoms with E-state index < -0.39 is 0 Å². The van der Waals surface area contributed by atoms with E-state index in [-0.39, 0.29) is 6.04 Å². The second kappa shape index (κ2) is 4.51. The van der Waals surface area contributed by atoms with E-state index in [0.717, 1.165) is 11.5 Å². The van der Waals surface area contributed by atoms with E-state index in [9.17, 15) is 0 Å². The molecule has 1 aromatic rings. The maximum absolute atomic E-state index is 4.49. The van der Waals surface area contributed by atoms with Crippen LogP contribution in [0.3, 0.4) is 0 Å². The Morgan fingerprint density at radius 1 is 1.29 bits per heavy atom. The van der Waals surface area contributed by atoms with E-state index in [1.165, 1.54) is 5.56 Å². The Kier molecular flexibility index (Phi) is 3.58. The normalized spacial score (nSPS) is 13.3. The van der Waals surface area contributed by atoms with Crippen LogP contribution in [-0.2, 0) is 0 Å². The summed E-state index contributed by atoms with van der Waals surface area (Å²) in [5, 5.41) is 3.13. The van der Waals surface area contributed by atoms with Crippen molar-refractivity contribution in [3.8, 4) is 0 Å². The molecule has 14 heavy (non-hydrogen) atoms. The lowest BCUT2D eigenvalue weighted by Gasteiger charge is -2.13. The summed E-state index contributed by atoms with van der Waals surface area (Å²) in [4.78, 5) is 8.85. The van der Waals surface area contributed by atoms with Crippen molar-refractivity contribution in [3.63, 3.8) is 0 Å². The average Bonchev–Trinajstić information content (AvgIpc) is 2.15. The zero-order chi connectivity index (χ0) is 10.7. The van der Waals surface area contributed by atoms with Crippen LogP contribution in [0, 0.1) is 6.92 Å². The van der Waals surface area contributed by atoms with Crippen molar-refractivity contribution in [3.05, 3.63) is 23.3 Å². The largest absolute Gasteiger partial charge is 0.311 e. The molecular formula is C11H19N3. The highest BCUT2D eigenvalue weighted by atomic mass is 15.0. The molecule has 1 N–H and O–H groups in total. The highest BCUT2D eigenvalue weighted by Crippen LogP contribution is 2.17. The quantitative estimate of drug-likeness (QED) is 0.799. The molecule has 0 unspecified atom stereocenters. The molecule has 0 aliphatic heterocycles. The second-order valence-electron chi connectivity index (χ2n) is 3.93. The lowest BCUT2D eigenvalue weighted by Crippen LogP contribution is -2.16. The molecule has 0 bridgehead atoms. The monoisotopic (exact) mass is 193 g/mol. The first kappa shape index (κ1) is 11.1. The predicted molar refractivity (Wildman–Crippen MR) is 58.3 cm³/mol. The van der Waals surface area contributed by atoms with E-state index in [1.54, 1.807) is 0 Å². The number of hydrogen-bond acceptors (Lipinski definition) is 3.